The number of rotatable bonds is 6. The third-order valence-corrected chi connectivity index (χ3v) is 12.0. The average molecular weight is 799 g/mol. The summed E-state index contributed by atoms with van der Waals surface area (Å²) in [7, 11) is 4.10. The van der Waals surface area contributed by atoms with Gasteiger partial charge in [-0.1, -0.05) is 11.3 Å². The molecule has 13 nitrogen and oxygen atoms in total. The molecule has 7 heterocycles. The summed E-state index contributed by atoms with van der Waals surface area (Å²) < 4.78 is 36.9. The van der Waals surface area contributed by atoms with Crippen molar-refractivity contribution in [1.82, 2.24) is 43.7 Å². The number of fused-ring (bicyclic) bond motifs is 3. The van der Waals surface area contributed by atoms with Crippen LogP contribution in [0.4, 0.5) is 20.3 Å². The van der Waals surface area contributed by atoms with Crippen LogP contribution in [0.2, 0.25) is 0 Å². The smallest absolute Gasteiger partial charge is 0.235 e. The SMILES string of the molecule is CN1CCN(c2cc3c(cc2F)c(=O)c(-c2nnc4sc(-c5cn(C6CC6)c6nc(N7CCN(C)CC7)c(F)cc6c5=O)nn24)cn3C2CC2)CC1.Cl.Cl. The highest BCUT2D eigenvalue weighted by Crippen LogP contribution is 2.40. The minimum absolute atomic E-state index is 0. The van der Waals surface area contributed by atoms with E-state index in [2.05, 4.69) is 31.6 Å². The zero-order chi connectivity index (χ0) is 35.4. The fourth-order valence-corrected chi connectivity index (χ4v) is 8.46. The van der Waals surface area contributed by atoms with Gasteiger partial charge in [0.05, 0.1) is 27.7 Å². The number of anilines is 2. The summed E-state index contributed by atoms with van der Waals surface area (Å²) >= 11 is 1.17. The molecule has 6 aromatic rings. The Morgan fingerprint density at radius 3 is 1.96 bits per heavy atom. The lowest BCUT2D eigenvalue weighted by Crippen LogP contribution is -2.45. The first-order chi connectivity index (χ1) is 25.2. The van der Waals surface area contributed by atoms with Crippen LogP contribution >= 0.6 is 36.2 Å². The maximum absolute atomic E-state index is 15.7. The minimum Gasteiger partial charge on any atom is -0.367 e. The third kappa shape index (κ3) is 6.11. The molecule has 0 spiro atoms. The molecule has 2 saturated heterocycles. The Morgan fingerprint density at radius 2 is 1.30 bits per heavy atom. The summed E-state index contributed by atoms with van der Waals surface area (Å²) in [5, 5.41) is 14.3. The summed E-state index contributed by atoms with van der Waals surface area (Å²) in [4.78, 5) is 41.7. The highest BCUT2D eigenvalue weighted by atomic mass is 35.5. The number of halogens is 4. The summed E-state index contributed by atoms with van der Waals surface area (Å²) in [5.74, 6) is -0.464. The van der Waals surface area contributed by atoms with Crippen molar-refractivity contribution in [2.45, 2.75) is 37.8 Å². The molecular weight excluding hydrogens is 759 g/mol. The number of aromatic nitrogens is 7. The number of hydrogen-bond donors (Lipinski definition) is 0. The predicted molar refractivity (Wildman–Crippen MR) is 211 cm³/mol. The Morgan fingerprint density at radius 1 is 0.704 bits per heavy atom. The van der Waals surface area contributed by atoms with Gasteiger partial charge in [0, 0.05) is 82.2 Å². The fraction of sp³-hybridized carbons (Fsp3) is 0.444. The van der Waals surface area contributed by atoms with Gasteiger partial charge in [-0.25, -0.2) is 13.8 Å². The van der Waals surface area contributed by atoms with E-state index >= 15 is 8.78 Å². The van der Waals surface area contributed by atoms with Crippen LogP contribution in [-0.4, -0.2) is 110 Å². The molecule has 1 aromatic carbocycles. The van der Waals surface area contributed by atoms with Gasteiger partial charge in [-0.2, -0.15) is 9.61 Å². The van der Waals surface area contributed by atoms with Crippen molar-refractivity contribution in [3.63, 3.8) is 0 Å². The van der Waals surface area contributed by atoms with Crippen LogP contribution in [0, 0.1) is 11.6 Å². The van der Waals surface area contributed by atoms with Gasteiger partial charge < -0.3 is 28.7 Å². The summed E-state index contributed by atoms with van der Waals surface area (Å²) in [6.45, 7) is 6.01. The quantitative estimate of drug-likeness (QED) is 0.232. The molecule has 0 bridgehead atoms. The van der Waals surface area contributed by atoms with Gasteiger partial charge in [-0.3, -0.25) is 9.59 Å². The summed E-state index contributed by atoms with van der Waals surface area (Å²) in [5.41, 5.74) is 1.50. The van der Waals surface area contributed by atoms with Gasteiger partial charge in [-0.15, -0.1) is 35.0 Å². The molecule has 4 aliphatic rings. The molecule has 54 heavy (non-hydrogen) atoms. The monoisotopic (exact) mass is 797 g/mol. The van der Waals surface area contributed by atoms with Crippen LogP contribution < -0.4 is 20.7 Å². The summed E-state index contributed by atoms with van der Waals surface area (Å²) in [6.07, 6.45) is 7.35. The van der Waals surface area contributed by atoms with Gasteiger partial charge in [0.2, 0.25) is 15.8 Å². The summed E-state index contributed by atoms with van der Waals surface area (Å²) in [6, 6.07) is 4.83. The van der Waals surface area contributed by atoms with E-state index in [1.165, 1.54) is 28.0 Å². The van der Waals surface area contributed by atoms with Gasteiger partial charge in [0.15, 0.2) is 22.5 Å². The second-order valence-electron chi connectivity index (χ2n) is 14.7. The van der Waals surface area contributed by atoms with Crippen LogP contribution in [0.15, 0.2) is 40.2 Å². The Bertz CT molecular complexity index is 2550. The second-order valence-corrected chi connectivity index (χ2v) is 15.7. The van der Waals surface area contributed by atoms with Crippen LogP contribution in [0.3, 0.4) is 0 Å². The molecule has 0 radical (unpaired) electrons. The average Bonchev–Trinajstić information content (AvgIpc) is 4.07. The van der Waals surface area contributed by atoms with Crippen molar-refractivity contribution in [3.8, 4) is 22.0 Å². The molecule has 0 N–H and O–H groups in total. The molecule has 5 aromatic heterocycles. The van der Waals surface area contributed by atoms with Crippen molar-refractivity contribution in [2.24, 2.45) is 0 Å². The molecular formula is C36H39Cl2F2N11O2S. The highest BCUT2D eigenvalue weighted by molar-refractivity contribution is 7.19. The molecule has 0 atom stereocenters. The zero-order valence-electron chi connectivity index (χ0n) is 29.7. The lowest BCUT2D eigenvalue weighted by atomic mass is 10.1. The van der Waals surface area contributed by atoms with Gasteiger partial charge in [-0.05, 0) is 58.0 Å². The molecule has 4 fully saturated rings. The topological polar surface area (TPSA) is 113 Å². The fourth-order valence-electron chi connectivity index (χ4n) is 7.62. The lowest BCUT2D eigenvalue weighted by molar-refractivity contribution is 0.311. The van der Waals surface area contributed by atoms with Gasteiger partial charge in [0.25, 0.3) is 0 Å². The zero-order valence-corrected chi connectivity index (χ0v) is 32.2. The van der Waals surface area contributed by atoms with Crippen LogP contribution in [-0.2, 0) is 0 Å². The molecule has 0 unspecified atom stereocenters. The van der Waals surface area contributed by atoms with E-state index in [0.717, 1.165) is 51.9 Å². The first-order valence-corrected chi connectivity index (χ1v) is 18.8. The van der Waals surface area contributed by atoms with Crippen molar-refractivity contribution < 1.29 is 8.78 Å². The maximum Gasteiger partial charge on any atom is 0.235 e. The Balaban J connectivity index is 0.00000207. The van der Waals surface area contributed by atoms with Gasteiger partial charge in [0.1, 0.15) is 11.5 Å². The van der Waals surface area contributed by atoms with Crippen molar-refractivity contribution in [3.05, 3.63) is 62.7 Å². The first-order valence-electron chi connectivity index (χ1n) is 18.0. The predicted octanol–water partition coefficient (Wildman–Crippen LogP) is 4.84. The maximum atomic E-state index is 15.7. The molecule has 10 rings (SSSR count). The normalized spacial score (nSPS) is 18.4. The number of piperazine rings is 2. The largest absolute Gasteiger partial charge is 0.367 e. The molecule has 2 aliphatic heterocycles. The molecule has 2 saturated carbocycles. The Kier molecular flexibility index (Phi) is 9.40. The van der Waals surface area contributed by atoms with Crippen molar-refractivity contribution in [2.75, 3.05) is 76.3 Å². The van der Waals surface area contributed by atoms with Crippen LogP contribution in [0.5, 0.6) is 0 Å². The number of hydrogen-bond acceptors (Lipinski definition) is 11. The molecule has 2 aliphatic carbocycles. The van der Waals surface area contributed by atoms with E-state index in [1.807, 2.05) is 27.5 Å². The molecule has 284 valence electrons. The van der Waals surface area contributed by atoms with E-state index in [0.29, 0.717) is 58.6 Å². The minimum atomic E-state index is -0.524. The first kappa shape index (κ1) is 36.7. The second kappa shape index (κ2) is 13.8. The molecule has 0 amide bonds. The Labute approximate surface area is 324 Å². The van der Waals surface area contributed by atoms with E-state index in [9.17, 15) is 9.59 Å². The lowest BCUT2D eigenvalue weighted by Gasteiger charge is -2.34. The van der Waals surface area contributed by atoms with Crippen molar-refractivity contribution >= 4 is 74.6 Å². The van der Waals surface area contributed by atoms with E-state index in [1.54, 1.807) is 12.4 Å². The number of nitrogens with zero attached hydrogens (tertiary/aromatic N) is 11. The van der Waals surface area contributed by atoms with E-state index < -0.39 is 11.6 Å². The van der Waals surface area contributed by atoms with Crippen LogP contribution in [0.1, 0.15) is 37.8 Å². The van der Waals surface area contributed by atoms with Crippen LogP contribution in [0.25, 0.3) is 48.9 Å². The number of benzene rings is 1. The highest BCUT2D eigenvalue weighted by Gasteiger charge is 2.31. The van der Waals surface area contributed by atoms with E-state index in [4.69, 9.17) is 10.1 Å². The third-order valence-electron chi connectivity index (χ3n) is 11.0. The van der Waals surface area contributed by atoms with E-state index in [-0.39, 0.29) is 75.7 Å². The Hall–Kier alpha value is -4.22. The standard InChI is InChI=1S/C36H37F2N11O2S.2ClH/c1-43-7-11-45(12-8-43)29-17-28-22(15-26(29)37)30(50)24(18-47(28)20-3-4-20)33-40-41-36-49(33)42-35(52-36)25-19-48(21-5-6-21)32-23(31(25)51)16-27(38)34(39-32)46-13-9-44(2)10-14-46;;/h15-21H,3-14H2,1-2H3;2*1H. The van der Waals surface area contributed by atoms with Gasteiger partial charge >= 0.3 is 0 Å². The number of pyridine rings is 3. The molecule has 18 heteroatoms. The number of likely N-dealkylation sites (N-methyl/N-ethyl adjacent to an activating group) is 2. The van der Waals surface area contributed by atoms with Crippen molar-refractivity contribution in [1.29, 1.82) is 0 Å².